The molecule has 0 radical (unpaired) electrons. The van der Waals surface area contributed by atoms with Gasteiger partial charge in [-0.15, -0.1) is 10.2 Å². The summed E-state index contributed by atoms with van der Waals surface area (Å²) in [5.41, 5.74) is 1.25. The molecule has 1 aromatic heterocycles. The molecular weight excluding hydrogens is 284 g/mol. The number of aromatic nitrogens is 3. The predicted molar refractivity (Wildman–Crippen MR) is 94.3 cm³/mol. The predicted octanol–water partition coefficient (Wildman–Crippen LogP) is 3.27. The van der Waals surface area contributed by atoms with Crippen molar-refractivity contribution in [3.63, 3.8) is 0 Å². The molecule has 4 nitrogen and oxygen atoms in total. The monoisotopic (exact) mass is 310 g/mol. The number of rotatable bonds is 6. The van der Waals surface area contributed by atoms with Crippen molar-refractivity contribution in [3.8, 4) is 0 Å². The summed E-state index contributed by atoms with van der Waals surface area (Å²) in [4.78, 5) is 0. The number of benzene rings is 1. The van der Waals surface area contributed by atoms with Crippen LogP contribution in [0.1, 0.15) is 43.4 Å². The summed E-state index contributed by atoms with van der Waals surface area (Å²) in [6.07, 6.45) is 6.61. The summed E-state index contributed by atoms with van der Waals surface area (Å²) in [6, 6.07) is 10.4. The zero-order valence-electron chi connectivity index (χ0n) is 14.1. The highest BCUT2D eigenvalue weighted by Crippen LogP contribution is 2.23. The van der Waals surface area contributed by atoms with Crippen molar-refractivity contribution in [2.24, 2.45) is 5.92 Å². The van der Waals surface area contributed by atoms with E-state index in [9.17, 15) is 0 Å². The number of nitrogens with zero attached hydrogens (tertiary/aromatic N) is 3. The molecule has 2 aromatic rings. The third kappa shape index (κ3) is 4.08. The molecule has 1 aliphatic rings. The normalized spacial score (nSPS) is 17.8. The molecule has 4 heteroatoms. The van der Waals surface area contributed by atoms with Crippen LogP contribution in [0.2, 0.25) is 0 Å². The maximum absolute atomic E-state index is 4.36. The Morgan fingerprint density at radius 1 is 1.26 bits per heavy atom. The van der Waals surface area contributed by atoms with Gasteiger partial charge in [-0.05, 0) is 24.4 Å². The minimum atomic E-state index is 0.441. The van der Waals surface area contributed by atoms with Crippen LogP contribution in [-0.4, -0.2) is 27.9 Å². The lowest BCUT2D eigenvalue weighted by molar-refractivity contribution is 0.345. The van der Waals surface area contributed by atoms with E-state index in [0.29, 0.717) is 11.8 Å². The van der Waals surface area contributed by atoms with Crippen molar-refractivity contribution in [2.45, 2.75) is 39.2 Å². The van der Waals surface area contributed by atoms with Gasteiger partial charge in [0.05, 0.1) is 0 Å². The van der Waals surface area contributed by atoms with Crippen LogP contribution in [0.25, 0.3) is 6.08 Å². The van der Waals surface area contributed by atoms with E-state index < -0.39 is 0 Å². The number of hydrogen-bond donors (Lipinski definition) is 1. The van der Waals surface area contributed by atoms with Crippen LogP contribution in [0.3, 0.4) is 0 Å². The van der Waals surface area contributed by atoms with Crippen molar-refractivity contribution in [2.75, 3.05) is 13.1 Å². The summed E-state index contributed by atoms with van der Waals surface area (Å²) < 4.78 is 2.33. The Morgan fingerprint density at radius 2 is 2.09 bits per heavy atom. The van der Waals surface area contributed by atoms with Crippen LogP contribution in [-0.2, 0) is 13.0 Å². The van der Waals surface area contributed by atoms with Gasteiger partial charge in [0.15, 0.2) is 0 Å². The van der Waals surface area contributed by atoms with Crippen molar-refractivity contribution < 1.29 is 0 Å². The average molecular weight is 310 g/mol. The average Bonchev–Trinajstić information content (AvgIpc) is 2.99. The first-order chi connectivity index (χ1) is 11.2. The van der Waals surface area contributed by atoms with Gasteiger partial charge in [0.25, 0.3) is 0 Å². The van der Waals surface area contributed by atoms with E-state index in [0.717, 1.165) is 37.7 Å². The molecule has 1 N–H and O–H groups in total. The van der Waals surface area contributed by atoms with Crippen molar-refractivity contribution in [1.82, 2.24) is 20.1 Å². The van der Waals surface area contributed by atoms with Crippen LogP contribution in [0.4, 0.5) is 0 Å². The number of aryl methyl sites for hydroxylation is 1. The van der Waals surface area contributed by atoms with Crippen LogP contribution in [0.15, 0.2) is 36.4 Å². The Bertz CT molecular complexity index is 643. The summed E-state index contributed by atoms with van der Waals surface area (Å²) in [5, 5.41) is 12.2. The fourth-order valence-electron chi connectivity index (χ4n) is 3.14. The Balaban J connectivity index is 1.47. The molecule has 0 spiro atoms. The van der Waals surface area contributed by atoms with Crippen molar-refractivity contribution >= 4 is 6.08 Å². The summed E-state index contributed by atoms with van der Waals surface area (Å²) in [7, 11) is 0. The van der Waals surface area contributed by atoms with E-state index in [4.69, 9.17) is 0 Å². The lowest BCUT2D eigenvalue weighted by atomic mass is 9.98. The van der Waals surface area contributed by atoms with Gasteiger partial charge in [0, 0.05) is 25.4 Å². The Labute approximate surface area is 138 Å². The van der Waals surface area contributed by atoms with Crippen LogP contribution in [0.5, 0.6) is 0 Å². The smallest absolute Gasteiger partial charge is 0.135 e. The third-order valence-electron chi connectivity index (χ3n) is 4.39. The first kappa shape index (κ1) is 15.9. The summed E-state index contributed by atoms with van der Waals surface area (Å²) >= 11 is 0. The highest BCUT2D eigenvalue weighted by molar-refractivity contribution is 5.48. The number of hydrogen-bond acceptors (Lipinski definition) is 3. The van der Waals surface area contributed by atoms with E-state index in [1.165, 1.54) is 12.0 Å². The number of fused-ring (bicyclic) bond motifs is 1. The molecule has 1 unspecified atom stereocenters. The molecule has 2 heterocycles. The van der Waals surface area contributed by atoms with E-state index in [-0.39, 0.29) is 0 Å². The molecule has 0 saturated carbocycles. The second kappa shape index (κ2) is 7.55. The van der Waals surface area contributed by atoms with Gasteiger partial charge < -0.3 is 9.88 Å². The molecule has 1 atom stereocenters. The fraction of sp³-hybridized carbons (Fsp3) is 0.474. The molecule has 0 fully saturated rings. The maximum atomic E-state index is 4.36. The van der Waals surface area contributed by atoms with Gasteiger partial charge in [-0.25, -0.2) is 0 Å². The minimum Gasteiger partial charge on any atom is -0.314 e. The van der Waals surface area contributed by atoms with E-state index in [2.05, 4.69) is 70.3 Å². The largest absolute Gasteiger partial charge is 0.314 e. The summed E-state index contributed by atoms with van der Waals surface area (Å²) in [6.45, 7) is 7.39. The molecule has 23 heavy (non-hydrogen) atoms. The first-order valence-electron chi connectivity index (χ1n) is 8.58. The molecule has 1 aromatic carbocycles. The fourth-order valence-corrected chi connectivity index (χ4v) is 3.14. The molecule has 0 saturated heterocycles. The topological polar surface area (TPSA) is 42.7 Å². The quantitative estimate of drug-likeness (QED) is 0.833. The van der Waals surface area contributed by atoms with Crippen LogP contribution < -0.4 is 5.32 Å². The lowest BCUT2D eigenvalue weighted by Crippen LogP contribution is -2.31. The van der Waals surface area contributed by atoms with Gasteiger partial charge in [-0.3, -0.25) is 0 Å². The molecule has 122 valence electrons. The van der Waals surface area contributed by atoms with E-state index >= 15 is 0 Å². The van der Waals surface area contributed by atoms with Gasteiger partial charge in [0.1, 0.15) is 11.6 Å². The second-order valence-corrected chi connectivity index (χ2v) is 6.62. The maximum Gasteiger partial charge on any atom is 0.135 e. The van der Waals surface area contributed by atoms with Crippen LogP contribution in [0, 0.1) is 5.92 Å². The number of nitrogens with one attached hydrogen (secondary N) is 1. The molecule has 3 rings (SSSR count). The van der Waals surface area contributed by atoms with Gasteiger partial charge in [-0.1, -0.05) is 56.3 Å². The van der Waals surface area contributed by atoms with Crippen LogP contribution >= 0.6 is 0 Å². The van der Waals surface area contributed by atoms with E-state index in [1.54, 1.807) is 0 Å². The van der Waals surface area contributed by atoms with E-state index in [1.807, 2.05) is 6.07 Å². The Kier molecular flexibility index (Phi) is 5.23. The zero-order chi connectivity index (χ0) is 16.1. The van der Waals surface area contributed by atoms with Gasteiger partial charge in [-0.2, -0.15) is 0 Å². The van der Waals surface area contributed by atoms with Crippen molar-refractivity contribution in [1.29, 1.82) is 0 Å². The highest BCUT2D eigenvalue weighted by atomic mass is 15.3. The molecule has 0 amide bonds. The first-order valence-corrected chi connectivity index (χ1v) is 8.58. The van der Waals surface area contributed by atoms with Gasteiger partial charge in [0.2, 0.25) is 0 Å². The molecule has 0 bridgehead atoms. The molecule has 0 aliphatic carbocycles. The van der Waals surface area contributed by atoms with Gasteiger partial charge >= 0.3 is 0 Å². The minimum absolute atomic E-state index is 0.441. The Hall–Kier alpha value is -1.94. The van der Waals surface area contributed by atoms with Crippen molar-refractivity contribution in [3.05, 3.63) is 53.6 Å². The second-order valence-electron chi connectivity index (χ2n) is 6.62. The zero-order valence-corrected chi connectivity index (χ0v) is 14.1. The molecular formula is C19H26N4. The highest BCUT2D eigenvalue weighted by Gasteiger charge is 2.23. The molecule has 1 aliphatic heterocycles. The SMILES string of the molecule is CC(C)c1nnc2n1CC(CNC/C=C/c1ccccc1)CC2. The summed E-state index contributed by atoms with van der Waals surface area (Å²) in [5.74, 6) is 3.40. The Morgan fingerprint density at radius 3 is 2.87 bits per heavy atom. The third-order valence-corrected chi connectivity index (χ3v) is 4.39. The lowest BCUT2D eigenvalue weighted by Gasteiger charge is -2.25. The standard InChI is InChI=1S/C19H26N4/c1-15(2)19-22-21-18-11-10-17(14-23(18)19)13-20-12-6-9-16-7-4-3-5-8-16/h3-9,15,17,20H,10-14H2,1-2H3/b9-6+.